The molecule has 116 valence electrons. The summed E-state index contributed by atoms with van der Waals surface area (Å²) in [5, 5.41) is 0. The number of ether oxygens (including phenoxy) is 2. The van der Waals surface area contributed by atoms with Crippen molar-refractivity contribution >= 4 is 22.3 Å². The molecule has 0 aromatic heterocycles. The minimum absolute atomic E-state index is 0. The molecule has 0 unspecified atom stereocenters. The van der Waals surface area contributed by atoms with Crippen LogP contribution in [0, 0.1) is 0 Å². The van der Waals surface area contributed by atoms with E-state index in [1.807, 2.05) is 0 Å². The number of benzene rings is 2. The number of hydrogen-bond donors (Lipinski definition) is 0. The molecular formula is C16H15NaO5S. The molecule has 2 rings (SSSR count). The van der Waals surface area contributed by atoms with Gasteiger partial charge in [0, 0.05) is 6.07 Å². The summed E-state index contributed by atoms with van der Waals surface area (Å²) < 4.78 is 44.0. The van der Waals surface area contributed by atoms with E-state index in [4.69, 9.17) is 9.47 Å². The van der Waals surface area contributed by atoms with Gasteiger partial charge in [0.2, 0.25) is 0 Å². The molecule has 0 spiro atoms. The molecule has 23 heavy (non-hydrogen) atoms. The average Bonchev–Trinajstić information content (AvgIpc) is 2.52. The molecule has 5 nitrogen and oxygen atoms in total. The van der Waals surface area contributed by atoms with E-state index in [1.54, 1.807) is 56.7 Å². The molecule has 7 heteroatoms. The van der Waals surface area contributed by atoms with Gasteiger partial charge in [0.05, 0.1) is 19.1 Å². The van der Waals surface area contributed by atoms with Crippen molar-refractivity contribution in [2.45, 2.75) is 4.90 Å². The predicted molar refractivity (Wildman–Crippen MR) is 82.9 cm³/mol. The predicted octanol–water partition coefficient (Wildman–Crippen LogP) is -0.218. The third kappa shape index (κ3) is 5.37. The van der Waals surface area contributed by atoms with E-state index in [0.717, 1.165) is 5.56 Å². The van der Waals surface area contributed by atoms with Gasteiger partial charge >= 0.3 is 29.6 Å². The van der Waals surface area contributed by atoms with E-state index < -0.39 is 10.1 Å². The van der Waals surface area contributed by atoms with Crippen LogP contribution in [0.2, 0.25) is 0 Å². The van der Waals surface area contributed by atoms with Gasteiger partial charge < -0.3 is 14.0 Å². The first-order valence-corrected chi connectivity index (χ1v) is 7.81. The van der Waals surface area contributed by atoms with Gasteiger partial charge in [-0.1, -0.05) is 30.4 Å². The minimum atomic E-state index is -4.51. The van der Waals surface area contributed by atoms with Crippen LogP contribution in [0.1, 0.15) is 11.1 Å². The molecule has 0 radical (unpaired) electrons. The van der Waals surface area contributed by atoms with Gasteiger partial charge in [-0.25, -0.2) is 8.42 Å². The standard InChI is InChI=1S/C16H16O5S.Na/c1-20-14-9-12(10-15(11-14)21-2)7-8-13-5-3-4-6-16(13)22(17,18)19;/h3-11H,1-2H3,(H,17,18,19);/q;+1/p-1/b8-7+;. The Morgan fingerprint density at radius 1 is 0.957 bits per heavy atom. The van der Waals surface area contributed by atoms with Crippen molar-refractivity contribution in [3.63, 3.8) is 0 Å². The SMILES string of the molecule is COc1cc(/C=C/c2ccccc2S(=O)(=O)[O-])cc(OC)c1.[Na+]. The van der Waals surface area contributed by atoms with Gasteiger partial charge in [0.1, 0.15) is 21.6 Å². The molecule has 0 atom stereocenters. The maximum atomic E-state index is 11.2. The summed E-state index contributed by atoms with van der Waals surface area (Å²) in [7, 11) is -1.43. The van der Waals surface area contributed by atoms with Crippen LogP contribution in [0.3, 0.4) is 0 Å². The van der Waals surface area contributed by atoms with E-state index in [1.165, 1.54) is 12.1 Å². The first-order valence-electron chi connectivity index (χ1n) is 6.40. The third-order valence-electron chi connectivity index (χ3n) is 3.02. The van der Waals surface area contributed by atoms with Gasteiger partial charge in [0.25, 0.3) is 0 Å². The van der Waals surface area contributed by atoms with E-state index in [2.05, 4.69) is 0 Å². The molecule has 0 aliphatic heterocycles. The van der Waals surface area contributed by atoms with Gasteiger partial charge in [-0.3, -0.25) is 0 Å². The van der Waals surface area contributed by atoms with Gasteiger partial charge in [-0.05, 0) is 29.3 Å². The van der Waals surface area contributed by atoms with E-state index in [-0.39, 0.29) is 34.5 Å². The third-order valence-corrected chi connectivity index (χ3v) is 3.93. The second-order valence-corrected chi connectivity index (χ2v) is 5.82. The van der Waals surface area contributed by atoms with Crippen LogP contribution >= 0.6 is 0 Å². The monoisotopic (exact) mass is 342 g/mol. The molecule has 0 N–H and O–H groups in total. The van der Waals surface area contributed by atoms with E-state index in [9.17, 15) is 13.0 Å². The second kappa shape index (κ2) is 8.52. The largest absolute Gasteiger partial charge is 1.00 e. The van der Waals surface area contributed by atoms with Gasteiger partial charge in [-0.15, -0.1) is 0 Å². The average molecular weight is 342 g/mol. The zero-order valence-corrected chi connectivity index (χ0v) is 16.0. The molecule has 0 fully saturated rings. The summed E-state index contributed by atoms with van der Waals surface area (Å²) in [6.07, 6.45) is 3.26. The van der Waals surface area contributed by atoms with Crippen molar-refractivity contribution in [3.05, 3.63) is 53.6 Å². The topological polar surface area (TPSA) is 75.7 Å². The molecule has 0 saturated heterocycles. The van der Waals surface area contributed by atoms with Crippen molar-refractivity contribution in [2.24, 2.45) is 0 Å². The first-order chi connectivity index (χ1) is 10.4. The number of rotatable bonds is 5. The van der Waals surface area contributed by atoms with Crippen molar-refractivity contribution in [1.29, 1.82) is 0 Å². The van der Waals surface area contributed by atoms with Crippen molar-refractivity contribution < 1.29 is 52.0 Å². The Kier molecular flexibility index (Phi) is 7.31. The van der Waals surface area contributed by atoms with Crippen LogP contribution in [0.4, 0.5) is 0 Å². The second-order valence-electron chi connectivity index (χ2n) is 4.47. The maximum Gasteiger partial charge on any atom is 1.00 e. The normalized spacial score (nSPS) is 11.1. The molecule has 0 heterocycles. The summed E-state index contributed by atoms with van der Waals surface area (Å²) in [4.78, 5) is -0.249. The fraction of sp³-hybridized carbons (Fsp3) is 0.125. The summed E-state index contributed by atoms with van der Waals surface area (Å²) in [5.74, 6) is 1.23. The minimum Gasteiger partial charge on any atom is -0.744 e. The number of hydrogen-bond acceptors (Lipinski definition) is 5. The van der Waals surface area contributed by atoms with Crippen LogP contribution in [-0.4, -0.2) is 27.2 Å². The van der Waals surface area contributed by atoms with Crippen LogP contribution in [0.5, 0.6) is 11.5 Å². The van der Waals surface area contributed by atoms with Crippen molar-refractivity contribution in [2.75, 3.05) is 14.2 Å². The Bertz CT molecular complexity index is 778. The fourth-order valence-electron chi connectivity index (χ4n) is 1.96. The first kappa shape index (κ1) is 19.7. The van der Waals surface area contributed by atoms with Crippen LogP contribution in [0.25, 0.3) is 12.2 Å². The van der Waals surface area contributed by atoms with Crippen molar-refractivity contribution in [3.8, 4) is 11.5 Å². The van der Waals surface area contributed by atoms with E-state index >= 15 is 0 Å². The summed E-state index contributed by atoms with van der Waals surface area (Å²) in [6, 6.07) is 11.3. The smallest absolute Gasteiger partial charge is 0.744 e. The molecule has 2 aromatic rings. The Morgan fingerprint density at radius 3 is 2.04 bits per heavy atom. The van der Waals surface area contributed by atoms with Gasteiger partial charge in [0.15, 0.2) is 0 Å². The van der Waals surface area contributed by atoms with E-state index in [0.29, 0.717) is 17.1 Å². The Labute approximate surface area is 158 Å². The van der Waals surface area contributed by atoms with Crippen LogP contribution in [-0.2, 0) is 10.1 Å². The molecule has 0 bridgehead atoms. The summed E-state index contributed by atoms with van der Waals surface area (Å²) >= 11 is 0. The molecule has 0 amide bonds. The van der Waals surface area contributed by atoms with Gasteiger partial charge in [-0.2, -0.15) is 0 Å². The molecule has 0 aliphatic carbocycles. The van der Waals surface area contributed by atoms with Crippen molar-refractivity contribution in [1.82, 2.24) is 0 Å². The Hall–Kier alpha value is -1.31. The quantitative estimate of drug-likeness (QED) is 0.427. The number of methoxy groups -OCH3 is 2. The molecule has 0 saturated carbocycles. The Morgan fingerprint density at radius 2 is 1.52 bits per heavy atom. The van der Waals surface area contributed by atoms with Crippen LogP contribution in [0.15, 0.2) is 47.4 Å². The maximum absolute atomic E-state index is 11.2. The molecular weight excluding hydrogens is 327 g/mol. The summed E-state index contributed by atoms with van der Waals surface area (Å²) in [5.41, 5.74) is 1.09. The fourth-order valence-corrected chi connectivity index (χ4v) is 2.63. The zero-order chi connectivity index (χ0) is 16.2. The summed E-state index contributed by atoms with van der Waals surface area (Å²) in [6.45, 7) is 0. The molecule has 0 aliphatic rings. The zero-order valence-electron chi connectivity index (χ0n) is 13.1. The molecule has 2 aromatic carbocycles. The van der Waals surface area contributed by atoms with Crippen LogP contribution < -0.4 is 39.0 Å². The Balaban J connectivity index is 0.00000264.